The Morgan fingerprint density at radius 2 is 2.18 bits per heavy atom. The van der Waals surface area contributed by atoms with Gasteiger partial charge in [0.25, 0.3) is 5.91 Å². The van der Waals surface area contributed by atoms with Crippen LogP contribution in [0.5, 0.6) is 0 Å². The molecule has 3 heterocycles. The van der Waals surface area contributed by atoms with Gasteiger partial charge >= 0.3 is 0 Å². The number of ether oxygens (including phenoxy) is 1. The summed E-state index contributed by atoms with van der Waals surface area (Å²) in [7, 11) is -3.45. The highest BCUT2D eigenvalue weighted by molar-refractivity contribution is 7.89. The smallest absolute Gasteiger partial charge is 0.271 e. The molecule has 3 N–H and O–H groups in total. The number of rotatable bonds is 8. The highest BCUT2D eigenvalue weighted by Crippen LogP contribution is 2.15. The minimum absolute atomic E-state index is 0. The summed E-state index contributed by atoms with van der Waals surface area (Å²) in [6.45, 7) is 2.87. The quantitative estimate of drug-likeness (QED) is 0.546. The van der Waals surface area contributed by atoms with E-state index in [1.165, 1.54) is 0 Å². The van der Waals surface area contributed by atoms with Gasteiger partial charge in [0.1, 0.15) is 5.69 Å². The normalized spacial score (nSPS) is 23.0. The molecule has 28 heavy (non-hydrogen) atoms. The van der Waals surface area contributed by atoms with E-state index >= 15 is 0 Å². The fourth-order valence-corrected chi connectivity index (χ4v) is 4.33. The molecule has 0 aromatic carbocycles. The Labute approximate surface area is 172 Å². The lowest BCUT2D eigenvalue weighted by molar-refractivity contribution is 0.0200. The topological polar surface area (TPSA) is 114 Å². The van der Waals surface area contributed by atoms with Crippen molar-refractivity contribution in [3.8, 4) is 0 Å². The van der Waals surface area contributed by atoms with Crippen LogP contribution < -0.4 is 15.4 Å². The molecule has 1 aromatic rings. The van der Waals surface area contributed by atoms with E-state index in [1.54, 1.807) is 12.3 Å². The van der Waals surface area contributed by atoms with E-state index in [9.17, 15) is 13.2 Å². The van der Waals surface area contributed by atoms with Gasteiger partial charge in [-0.2, -0.15) is 5.10 Å². The van der Waals surface area contributed by atoms with E-state index in [1.807, 2.05) is 4.68 Å². The average Bonchev–Trinajstić information content (AvgIpc) is 3.18. The third-order valence-corrected chi connectivity index (χ3v) is 6.30. The van der Waals surface area contributed by atoms with Gasteiger partial charge in [-0.25, -0.2) is 13.1 Å². The van der Waals surface area contributed by atoms with Crippen LogP contribution in [0.15, 0.2) is 12.3 Å². The molecule has 0 aliphatic carbocycles. The van der Waals surface area contributed by atoms with Crippen molar-refractivity contribution in [2.45, 2.75) is 44.2 Å². The maximum absolute atomic E-state index is 12.2. The zero-order valence-corrected chi connectivity index (χ0v) is 17.6. The molecule has 2 fully saturated rings. The number of hydrogen-bond acceptors (Lipinski definition) is 6. The van der Waals surface area contributed by atoms with Crippen molar-refractivity contribution in [3.05, 3.63) is 18.0 Å². The Balaban J connectivity index is 0.00000280. The van der Waals surface area contributed by atoms with Crippen LogP contribution in [0.25, 0.3) is 0 Å². The number of carbonyl (C=O) groups excluding carboxylic acids is 1. The minimum atomic E-state index is -3.45. The number of halogens is 1. The van der Waals surface area contributed by atoms with E-state index in [-0.39, 0.29) is 49.3 Å². The van der Waals surface area contributed by atoms with Crippen LogP contribution in [-0.4, -0.2) is 68.7 Å². The Hall–Kier alpha value is -1.20. The second kappa shape index (κ2) is 11.1. The average molecular weight is 436 g/mol. The van der Waals surface area contributed by atoms with Crippen LogP contribution in [-0.2, 0) is 14.8 Å². The number of piperidine rings is 1. The van der Waals surface area contributed by atoms with Crippen molar-refractivity contribution >= 4 is 28.3 Å². The number of nitrogens with zero attached hydrogens (tertiary/aromatic N) is 2. The molecular weight excluding hydrogens is 406 g/mol. The van der Waals surface area contributed by atoms with Gasteiger partial charge < -0.3 is 15.4 Å². The maximum atomic E-state index is 12.2. The van der Waals surface area contributed by atoms with Gasteiger partial charge in [-0.1, -0.05) is 0 Å². The Kier molecular flexibility index (Phi) is 9.16. The van der Waals surface area contributed by atoms with Crippen LogP contribution >= 0.6 is 12.4 Å². The molecule has 11 heteroatoms. The van der Waals surface area contributed by atoms with Crippen molar-refractivity contribution in [1.82, 2.24) is 25.1 Å². The molecule has 2 saturated heterocycles. The molecule has 2 unspecified atom stereocenters. The summed E-state index contributed by atoms with van der Waals surface area (Å²) < 4.78 is 34.0. The lowest BCUT2D eigenvalue weighted by Crippen LogP contribution is -2.39. The van der Waals surface area contributed by atoms with E-state index in [4.69, 9.17) is 4.74 Å². The fraction of sp³-hybridized carbons (Fsp3) is 0.765. The van der Waals surface area contributed by atoms with Crippen molar-refractivity contribution in [2.24, 2.45) is 0 Å². The van der Waals surface area contributed by atoms with Gasteiger partial charge in [-0.3, -0.25) is 9.48 Å². The Morgan fingerprint density at radius 1 is 1.32 bits per heavy atom. The minimum Gasteiger partial charge on any atom is -0.377 e. The Bertz CT molecular complexity index is 715. The zero-order chi connectivity index (χ0) is 19.1. The first-order valence-corrected chi connectivity index (χ1v) is 11.3. The summed E-state index contributed by atoms with van der Waals surface area (Å²) in [6.07, 6.45) is 6.83. The largest absolute Gasteiger partial charge is 0.377 e. The molecule has 1 aromatic heterocycles. The van der Waals surface area contributed by atoms with E-state index < -0.39 is 10.0 Å². The second-order valence-corrected chi connectivity index (χ2v) is 9.02. The molecule has 1 amide bonds. The van der Waals surface area contributed by atoms with Crippen molar-refractivity contribution in [1.29, 1.82) is 0 Å². The molecule has 0 saturated carbocycles. The lowest BCUT2D eigenvalue weighted by atomic mass is 10.1. The lowest BCUT2D eigenvalue weighted by Gasteiger charge is -2.22. The molecular formula is C17H30ClN5O4S. The van der Waals surface area contributed by atoms with Crippen LogP contribution in [0.2, 0.25) is 0 Å². The van der Waals surface area contributed by atoms with Gasteiger partial charge in [-0.15, -0.1) is 12.4 Å². The number of aromatic nitrogens is 2. The monoisotopic (exact) mass is 435 g/mol. The molecule has 0 spiro atoms. The van der Waals surface area contributed by atoms with Gasteiger partial charge in [0, 0.05) is 32.4 Å². The summed E-state index contributed by atoms with van der Waals surface area (Å²) in [5, 5.41) is 10.3. The predicted molar refractivity (Wildman–Crippen MR) is 108 cm³/mol. The van der Waals surface area contributed by atoms with Crippen LogP contribution in [0.3, 0.4) is 0 Å². The van der Waals surface area contributed by atoms with Crippen molar-refractivity contribution in [2.75, 3.05) is 38.5 Å². The second-order valence-electron chi connectivity index (χ2n) is 7.09. The van der Waals surface area contributed by atoms with Crippen LogP contribution in [0, 0.1) is 0 Å². The molecule has 2 aliphatic rings. The first-order chi connectivity index (χ1) is 13.0. The molecule has 9 nitrogen and oxygen atoms in total. The number of amides is 1. The summed E-state index contributed by atoms with van der Waals surface area (Å²) >= 11 is 0. The number of hydrogen-bond donors (Lipinski definition) is 3. The van der Waals surface area contributed by atoms with Crippen LogP contribution in [0.4, 0.5) is 0 Å². The summed E-state index contributed by atoms with van der Waals surface area (Å²) in [5.41, 5.74) is 0.307. The van der Waals surface area contributed by atoms with E-state index in [0.717, 1.165) is 45.2 Å². The Morgan fingerprint density at radius 3 is 2.89 bits per heavy atom. The SMILES string of the molecule is Cl.O=C(NCCS(=O)(=O)NCC1CCCCO1)c1ccn(C2CCCNC2)n1. The van der Waals surface area contributed by atoms with Crippen LogP contribution in [0.1, 0.15) is 48.6 Å². The first-order valence-electron chi connectivity index (χ1n) is 9.66. The summed E-state index contributed by atoms with van der Waals surface area (Å²) in [4.78, 5) is 12.2. The highest BCUT2D eigenvalue weighted by Gasteiger charge is 2.19. The number of sulfonamides is 1. The van der Waals surface area contributed by atoms with E-state index in [0.29, 0.717) is 12.3 Å². The fourth-order valence-electron chi connectivity index (χ4n) is 3.37. The third kappa shape index (κ3) is 7.00. The van der Waals surface area contributed by atoms with Gasteiger partial charge in [0.05, 0.1) is 17.9 Å². The number of carbonyl (C=O) groups is 1. The van der Waals surface area contributed by atoms with Crippen molar-refractivity contribution in [3.63, 3.8) is 0 Å². The first kappa shape index (κ1) is 23.1. The molecule has 3 rings (SSSR count). The maximum Gasteiger partial charge on any atom is 0.271 e. The molecule has 2 atom stereocenters. The van der Waals surface area contributed by atoms with Crippen molar-refractivity contribution < 1.29 is 17.9 Å². The number of nitrogens with one attached hydrogen (secondary N) is 3. The summed E-state index contributed by atoms with van der Waals surface area (Å²) in [6, 6.07) is 1.92. The molecule has 0 radical (unpaired) electrons. The summed E-state index contributed by atoms with van der Waals surface area (Å²) in [5.74, 6) is -0.526. The highest BCUT2D eigenvalue weighted by atomic mass is 35.5. The van der Waals surface area contributed by atoms with Gasteiger partial charge in [0.2, 0.25) is 10.0 Å². The molecule has 0 bridgehead atoms. The zero-order valence-electron chi connectivity index (χ0n) is 15.9. The van der Waals surface area contributed by atoms with E-state index in [2.05, 4.69) is 20.5 Å². The third-order valence-electron chi connectivity index (χ3n) is 4.95. The molecule has 2 aliphatic heterocycles. The standard InChI is InChI=1S/C17H29N5O4S.ClH/c23-17(16-6-9-22(21-16)14-4-3-7-18-12-14)19-8-11-27(24,25)20-13-15-5-1-2-10-26-15;/h6,9,14-15,18,20H,1-5,7-8,10-13H2,(H,19,23);1H. The van der Waals surface area contributed by atoms with Gasteiger partial charge in [-0.05, 0) is 44.7 Å². The molecule has 160 valence electrons. The predicted octanol–water partition coefficient (Wildman–Crippen LogP) is 0.448. The van der Waals surface area contributed by atoms with Gasteiger partial charge in [0.15, 0.2) is 0 Å².